The van der Waals surface area contributed by atoms with E-state index in [9.17, 15) is 4.39 Å². The van der Waals surface area contributed by atoms with E-state index in [0.29, 0.717) is 11.3 Å². The molecule has 1 N–H and O–H groups in total. The van der Waals surface area contributed by atoms with Crippen molar-refractivity contribution in [2.45, 2.75) is 18.8 Å². The van der Waals surface area contributed by atoms with E-state index in [0.717, 1.165) is 18.7 Å². The Bertz CT molecular complexity index is 357. The molecular weight excluding hydrogens is 177 g/mol. The van der Waals surface area contributed by atoms with Crippen molar-refractivity contribution in [1.82, 2.24) is 5.32 Å². The summed E-state index contributed by atoms with van der Waals surface area (Å²) in [4.78, 5) is 0. The van der Waals surface area contributed by atoms with Gasteiger partial charge in [-0.15, -0.1) is 0 Å². The van der Waals surface area contributed by atoms with Gasteiger partial charge in [0.1, 0.15) is 5.82 Å². The summed E-state index contributed by atoms with van der Waals surface area (Å²) in [7, 11) is 0. The van der Waals surface area contributed by atoms with Crippen LogP contribution in [0.1, 0.15) is 24.3 Å². The molecule has 1 nitrogen and oxygen atoms in total. The maximum absolute atomic E-state index is 13.6. The van der Waals surface area contributed by atoms with E-state index in [1.165, 1.54) is 12.8 Å². The minimum Gasteiger partial charge on any atom is -0.316 e. The van der Waals surface area contributed by atoms with Crippen LogP contribution in [0.2, 0.25) is 0 Å². The molecular formula is C12H14FN. The van der Waals surface area contributed by atoms with Crippen LogP contribution in [0.4, 0.5) is 4.39 Å². The molecule has 1 saturated heterocycles. The fourth-order valence-corrected chi connectivity index (χ4v) is 2.69. The Morgan fingerprint density at radius 2 is 2.07 bits per heavy atom. The topological polar surface area (TPSA) is 12.0 Å². The van der Waals surface area contributed by atoms with Crippen LogP contribution in [0.3, 0.4) is 0 Å². The molecule has 1 spiro atoms. The normalized spacial score (nSPS) is 28.2. The first-order valence-corrected chi connectivity index (χ1v) is 5.27. The first-order valence-electron chi connectivity index (χ1n) is 5.27. The van der Waals surface area contributed by atoms with Gasteiger partial charge in [0.2, 0.25) is 0 Å². The molecule has 74 valence electrons. The molecule has 2 aliphatic rings. The lowest BCUT2D eigenvalue weighted by molar-refractivity contribution is 0.478. The number of nitrogens with one attached hydrogen (secondary N) is 1. The predicted octanol–water partition coefficient (Wildman–Crippen LogP) is 2.29. The van der Waals surface area contributed by atoms with Crippen LogP contribution in [0.5, 0.6) is 0 Å². The largest absolute Gasteiger partial charge is 0.316 e. The summed E-state index contributed by atoms with van der Waals surface area (Å²) < 4.78 is 13.6. The number of hydrogen-bond donors (Lipinski definition) is 1. The average Bonchev–Trinajstić information content (AvgIpc) is 2.82. The Kier molecular flexibility index (Phi) is 1.68. The van der Waals surface area contributed by atoms with Gasteiger partial charge in [0.15, 0.2) is 0 Å². The zero-order valence-electron chi connectivity index (χ0n) is 8.09. The Labute approximate surface area is 83.3 Å². The van der Waals surface area contributed by atoms with Gasteiger partial charge >= 0.3 is 0 Å². The van der Waals surface area contributed by atoms with E-state index in [1.54, 1.807) is 12.1 Å². The summed E-state index contributed by atoms with van der Waals surface area (Å²) in [5.41, 5.74) is 1.32. The van der Waals surface area contributed by atoms with E-state index in [-0.39, 0.29) is 5.82 Å². The van der Waals surface area contributed by atoms with Crippen molar-refractivity contribution < 1.29 is 4.39 Å². The highest BCUT2D eigenvalue weighted by atomic mass is 19.1. The zero-order chi connectivity index (χ0) is 9.60. The van der Waals surface area contributed by atoms with Crippen molar-refractivity contribution in [1.29, 1.82) is 0 Å². The molecule has 0 radical (unpaired) electrons. The molecule has 1 saturated carbocycles. The molecule has 1 unspecified atom stereocenters. The summed E-state index contributed by atoms with van der Waals surface area (Å²) >= 11 is 0. The molecule has 1 aromatic carbocycles. The third-order valence-corrected chi connectivity index (χ3v) is 3.74. The van der Waals surface area contributed by atoms with E-state index in [2.05, 4.69) is 5.32 Å². The highest BCUT2D eigenvalue weighted by molar-refractivity contribution is 5.29. The molecule has 1 aliphatic heterocycles. The lowest BCUT2D eigenvalue weighted by Gasteiger charge is -2.17. The van der Waals surface area contributed by atoms with Crippen LogP contribution in [-0.4, -0.2) is 13.1 Å². The second-order valence-corrected chi connectivity index (χ2v) is 4.57. The van der Waals surface area contributed by atoms with Gasteiger partial charge in [-0.25, -0.2) is 4.39 Å². The van der Waals surface area contributed by atoms with Crippen molar-refractivity contribution in [2.24, 2.45) is 5.41 Å². The molecule has 1 atom stereocenters. The molecule has 1 aromatic rings. The summed E-state index contributed by atoms with van der Waals surface area (Å²) in [6.07, 6.45) is 2.53. The van der Waals surface area contributed by atoms with Crippen molar-refractivity contribution in [2.75, 3.05) is 13.1 Å². The molecule has 0 aromatic heterocycles. The number of halogens is 1. The second kappa shape index (κ2) is 2.80. The molecule has 0 amide bonds. The molecule has 0 bridgehead atoms. The van der Waals surface area contributed by atoms with Crippen LogP contribution < -0.4 is 5.32 Å². The summed E-state index contributed by atoms with van der Waals surface area (Å²) in [6, 6.07) is 7.21. The van der Waals surface area contributed by atoms with E-state index < -0.39 is 0 Å². The second-order valence-electron chi connectivity index (χ2n) is 4.57. The van der Waals surface area contributed by atoms with Gasteiger partial charge in [0.05, 0.1) is 0 Å². The maximum Gasteiger partial charge on any atom is 0.126 e. The summed E-state index contributed by atoms with van der Waals surface area (Å²) in [6.45, 7) is 2.02. The third kappa shape index (κ3) is 1.10. The van der Waals surface area contributed by atoms with Crippen molar-refractivity contribution in [3.8, 4) is 0 Å². The first-order chi connectivity index (χ1) is 6.82. The maximum atomic E-state index is 13.6. The minimum atomic E-state index is -0.0347. The van der Waals surface area contributed by atoms with Crippen LogP contribution in [0.15, 0.2) is 24.3 Å². The lowest BCUT2D eigenvalue weighted by Crippen LogP contribution is -2.12. The van der Waals surface area contributed by atoms with Crippen LogP contribution in [-0.2, 0) is 0 Å². The van der Waals surface area contributed by atoms with Crippen LogP contribution in [0, 0.1) is 11.2 Å². The standard InChI is InChI=1S/C12H14FN/c13-11-4-2-1-3-9(11)10-7-14-8-12(10)5-6-12/h1-4,10,14H,5-8H2. The highest BCUT2D eigenvalue weighted by Gasteiger charge is 2.52. The SMILES string of the molecule is Fc1ccccc1C1CNCC12CC2. The first kappa shape index (κ1) is 8.42. The quantitative estimate of drug-likeness (QED) is 0.718. The lowest BCUT2D eigenvalue weighted by atomic mass is 9.86. The molecule has 2 heteroatoms. The van der Waals surface area contributed by atoms with Crippen molar-refractivity contribution in [3.63, 3.8) is 0 Å². The Morgan fingerprint density at radius 3 is 2.79 bits per heavy atom. The number of benzene rings is 1. The third-order valence-electron chi connectivity index (χ3n) is 3.74. The molecule has 3 rings (SSSR count). The van der Waals surface area contributed by atoms with Gasteiger partial charge in [-0.05, 0) is 29.9 Å². The van der Waals surface area contributed by atoms with E-state index in [1.807, 2.05) is 12.1 Å². The molecule has 1 heterocycles. The van der Waals surface area contributed by atoms with E-state index >= 15 is 0 Å². The Morgan fingerprint density at radius 1 is 1.29 bits per heavy atom. The van der Waals surface area contributed by atoms with Crippen LogP contribution >= 0.6 is 0 Å². The average molecular weight is 191 g/mol. The molecule has 14 heavy (non-hydrogen) atoms. The fraction of sp³-hybridized carbons (Fsp3) is 0.500. The minimum absolute atomic E-state index is 0.0347. The summed E-state index contributed by atoms with van der Waals surface area (Å²) in [5, 5.41) is 3.38. The Hall–Kier alpha value is -0.890. The fourth-order valence-electron chi connectivity index (χ4n) is 2.69. The van der Waals surface area contributed by atoms with Gasteiger partial charge < -0.3 is 5.32 Å². The summed E-state index contributed by atoms with van der Waals surface area (Å²) in [5.74, 6) is 0.371. The van der Waals surface area contributed by atoms with Crippen molar-refractivity contribution >= 4 is 0 Å². The highest BCUT2D eigenvalue weighted by Crippen LogP contribution is 2.58. The van der Waals surface area contributed by atoms with Gasteiger partial charge in [0.25, 0.3) is 0 Å². The Balaban J connectivity index is 1.99. The smallest absolute Gasteiger partial charge is 0.126 e. The van der Waals surface area contributed by atoms with Crippen molar-refractivity contribution in [3.05, 3.63) is 35.6 Å². The number of hydrogen-bond acceptors (Lipinski definition) is 1. The van der Waals surface area contributed by atoms with E-state index in [4.69, 9.17) is 0 Å². The monoisotopic (exact) mass is 191 g/mol. The predicted molar refractivity (Wildman–Crippen MR) is 53.7 cm³/mol. The zero-order valence-corrected chi connectivity index (χ0v) is 8.09. The van der Waals surface area contributed by atoms with Gasteiger partial charge in [0, 0.05) is 19.0 Å². The van der Waals surface area contributed by atoms with Gasteiger partial charge in [-0.3, -0.25) is 0 Å². The molecule has 1 aliphatic carbocycles. The van der Waals surface area contributed by atoms with Gasteiger partial charge in [-0.1, -0.05) is 18.2 Å². The van der Waals surface area contributed by atoms with Crippen LogP contribution in [0.25, 0.3) is 0 Å². The molecule has 2 fully saturated rings. The number of rotatable bonds is 1. The van der Waals surface area contributed by atoms with Gasteiger partial charge in [-0.2, -0.15) is 0 Å².